The van der Waals surface area contributed by atoms with Crippen LogP contribution in [0.1, 0.15) is 17.0 Å². The number of rotatable bonds is 2. The SMILES string of the molecule is O=C1CCN(c2cccc3nc(C(=O)O)ncc23)C(=O)N1. The van der Waals surface area contributed by atoms with Gasteiger partial charge in [-0.05, 0) is 12.1 Å². The molecule has 1 aliphatic heterocycles. The highest BCUT2D eigenvalue weighted by Crippen LogP contribution is 2.26. The number of urea groups is 1. The molecular weight excluding hydrogens is 276 g/mol. The molecule has 0 radical (unpaired) electrons. The minimum atomic E-state index is -1.22. The van der Waals surface area contributed by atoms with E-state index in [0.29, 0.717) is 16.6 Å². The molecule has 3 rings (SSSR count). The molecule has 0 unspecified atom stereocenters. The molecule has 2 aromatic rings. The maximum atomic E-state index is 11.9. The Bertz CT molecular complexity index is 774. The van der Waals surface area contributed by atoms with Gasteiger partial charge in [-0.2, -0.15) is 0 Å². The van der Waals surface area contributed by atoms with Crippen LogP contribution in [0.2, 0.25) is 0 Å². The lowest BCUT2D eigenvalue weighted by Crippen LogP contribution is -2.49. The van der Waals surface area contributed by atoms with Gasteiger partial charge in [-0.1, -0.05) is 6.07 Å². The van der Waals surface area contributed by atoms with Crippen LogP contribution in [0.25, 0.3) is 10.9 Å². The molecule has 1 aromatic heterocycles. The summed E-state index contributed by atoms with van der Waals surface area (Å²) in [6.07, 6.45) is 1.57. The van der Waals surface area contributed by atoms with Crippen molar-refractivity contribution in [2.24, 2.45) is 0 Å². The number of carbonyl (C=O) groups is 3. The minimum absolute atomic E-state index is 0.205. The fourth-order valence-corrected chi connectivity index (χ4v) is 2.17. The zero-order valence-electron chi connectivity index (χ0n) is 10.7. The third-order valence-corrected chi connectivity index (χ3v) is 3.14. The molecule has 0 spiro atoms. The quantitative estimate of drug-likeness (QED) is 0.843. The Hall–Kier alpha value is -3.03. The molecule has 0 atom stereocenters. The Morgan fingerprint density at radius 2 is 2.14 bits per heavy atom. The second-order valence-electron chi connectivity index (χ2n) is 4.46. The number of nitrogens with one attached hydrogen (secondary N) is 1. The van der Waals surface area contributed by atoms with E-state index in [1.807, 2.05) is 0 Å². The van der Waals surface area contributed by atoms with Gasteiger partial charge < -0.3 is 5.11 Å². The second-order valence-corrected chi connectivity index (χ2v) is 4.46. The lowest BCUT2D eigenvalue weighted by Gasteiger charge is -2.27. The van der Waals surface area contributed by atoms with Crippen LogP contribution in [0.15, 0.2) is 24.4 Å². The summed E-state index contributed by atoms with van der Waals surface area (Å²) < 4.78 is 0. The number of nitrogens with zero attached hydrogens (tertiary/aromatic N) is 3. The zero-order valence-corrected chi connectivity index (χ0v) is 10.7. The van der Waals surface area contributed by atoms with Crippen molar-refractivity contribution in [3.05, 3.63) is 30.2 Å². The number of amides is 3. The van der Waals surface area contributed by atoms with Crippen molar-refractivity contribution in [1.29, 1.82) is 0 Å². The van der Waals surface area contributed by atoms with Crippen LogP contribution in [0.4, 0.5) is 10.5 Å². The molecule has 106 valence electrons. The van der Waals surface area contributed by atoms with Gasteiger partial charge in [-0.15, -0.1) is 0 Å². The summed E-state index contributed by atoms with van der Waals surface area (Å²) in [5, 5.41) is 11.7. The monoisotopic (exact) mass is 286 g/mol. The van der Waals surface area contributed by atoms with Gasteiger partial charge in [-0.25, -0.2) is 19.6 Å². The molecule has 1 saturated heterocycles. The smallest absolute Gasteiger partial charge is 0.373 e. The summed E-state index contributed by atoms with van der Waals surface area (Å²) in [5.41, 5.74) is 0.957. The van der Waals surface area contributed by atoms with E-state index in [1.165, 1.54) is 11.1 Å². The van der Waals surface area contributed by atoms with Gasteiger partial charge in [0.2, 0.25) is 11.7 Å². The molecule has 3 amide bonds. The number of aromatic nitrogens is 2. The summed E-state index contributed by atoms with van der Waals surface area (Å²) in [6, 6.07) is 4.49. The van der Waals surface area contributed by atoms with Gasteiger partial charge in [0.15, 0.2) is 0 Å². The summed E-state index contributed by atoms with van der Waals surface area (Å²) in [7, 11) is 0. The van der Waals surface area contributed by atoms with Crippen molar-refractivity contribution in [3.8, 4) is 0 Å². The van der Waals surface area contributed by atoms with Crippen molar-refractivity contribution in [2.45, 2.75) is 6.42 Å². The highest BCUT2D eigenvalue weighted by Gasteiger charge is 2.25. The molecule has 1 aliphatic rings. The lowest BCUT2D eigenvalue weighted by molar-refractivity contribution is -0.120. The van der Waals surface area contributed by atoms with E-state index >= 15 is 0 Å². The first-order valence-corrected chi connectivity index (χ1v) is 6.16. The molecule has 1 fully saturated rings. The molecule has 8 heteroatoms. The molecule has 0 aliphatic carbocycles. The van der Waals surface area contributed by atoms with Crippen LogP contribution < -0.4 is 10.2 Å². The van der Waals surface area contributed by atoms with Crippen molar-refractivity contribution in [2.75, 3.05) is 11.4 Å². The minimum Gasteiger partial charge on any atom is -0.475 e. The van der Waals surface area contributed by atoms with E-state index in [4.69, 9.17) is 5.11 Å². The summed E-state index contributed by atoms with van der Waals surface area (Å²) in [4.78, 5) is 43.1. The summed E-state index contributed by atoms with van der Waals surface area (Å²) in [5.74, 6) is -1.84. The van der Waals surface area contributed by atoms with Gasteiger partial charge >= 0.3 is 12.0 Å². The van der Waals surface area contributed by atoms with E-state index in [0.717, 1.165) is 0 Å². The van der Waals surface area contributed by atoms with Gasteiger partial charge in [0.05, 0.1) is 11.2 Å². The van der Waals surface area contributed by atoms with E-state index < -0.39 is 12.0 Å². The van der Waals surface area contributed by atoms with Crippen molar-refractivity contribution >= 4 is 34.5 Å². The van der Waals surface area contributed by atoms with Crippen LogP contribution in [0, 0.1) is 0 Å². The maximum Gasteiger partial charge on any atom is 0.373 e. The highest BCUT2D eigenvalue weighted by atomic mass is 16.4. The average molecular weight is 286 g/mol. The number of fused-ring (bicyclic) bond motifs is 1. The number of imide groups is 1. The fraction of sp³-hybridized carbons (Fsp3) is 0.154. The number of anilines is 1. The average Bonchev–Trinajstić information content (AvgIpc) is 2.46. The third-order valence-electron chi connectivity index (χ3n) is 3.14. The zero-order chi connectivity index (χ0) is 15.0. The largest absolute Gasteiger partial charge is 0.475 e. The predicted octanol–water partition coefficient (Wildman–Crippen LogP) is 0.774. The molecule has 2 heterocycles. The maximum absolute atomic E-state index is 11.9. The van der Waals surface area contributed by atoms with Crippen molar-refractivity contribution < 1.29 is 19.5 Å². The number of aromatic carboxylic acids is 1. The Labute approximate surface area is 118 Å². The molecule has 0 bridgehead atoms. The van der Waals surface area contributed by atoms with E-state index in [2.05, 4.69) is 15.3 Å². The predicted molar refractivity (Wildman–Crippen MR) is 72.0 cm³/mol. The Balaban J connectivity index is 2.09. The normalized spacial score (nSPS) is 15.1. The number of hydrogen-bond donors (Lipinski definition) is 2. The Morgan fingerprint density at radius 3 is 2.86 bits per heavy atom. The number of carboxylic acid groups (broad SMARTS) is 1. The first-order valence-electron chi connectivity index (χ1n) is 6.16. The molecule has 8 nitrogen and oxygen atoms in total. The second kappa shape index (κ2) is 4.82. The Kier molecular flexibility index (Phi) is 2.98. The van der Waals surface area contributed by atoms with Gasteiger partial charge in [0.1, 0.15) is 0 Å². The van der Waals surface area contributed by atoms with Crippen LogP contribution in [0.3, 0.4) is 0 Å². The summed E-state index contributed by atoms with van der Waals surface area (Å²) in [6.45, 7) is 0.254. The number of carboxylic acids is 1. The van der Waals surface area contributed by atoms with Gasteiger partial charge in [-0.3, -0.25) is 15.0 Å². The topological polar surface area (TPSA) is 112 Å². The van der Waals surface area contributed by atoms with Crippen LogP contribution in [0.5, 0.6) is 0 Å². The van der Waals surface area contributed by atoms with E-state index in [9.17, 15) is 14.4 Å². The molecule has 21 heavy (non-hydrogen) atoms. The highest BCUT2D eigenvalue weighted by molar-refractivity contribution is 6.09. The van der Waals surface area contributed by atoms with Gasteiger partial charge in [0, 0.05) is 24.5 Å². The number of hydrogen-bond acceptors (Lipinski definition) is 5. The molecule has 2 N–H and O–H groups in total. The third kappa shape index (κ3) is 2.27. The van der Waals surface area contributed by atoms with Crippen molar-refractivity contribution in [1.82, 2.24) is 15.3 Å². The number of benzene rings is 1. The van der Waals surface area contributed by atoms with E-state index in [-0.39, 0.29) is 24.7 Å². The van der Waals surface area contributed by atoms with Crippen LogP contribution >= 0.6 is 0 Å². The van der Waals surface area contributed by atoms with Crippen LogP contribution in [-0.2, 0) is 4.79 Å². The lowest BCUT2D eigenvalue weighted by atomic mass is 10.1. The first-order chi connectivity index (χ1) is 10.1. The molecular formula is C13H10N4O4. The fourth-order valence-electron chi connectivity index (χ4n) is 2.17. The van der Waals surface area contributed by atoms with Gasteiger partial charge in [0.25, 0.3) is 0 Å². The van der Waals surface area contributed by atoms with Crippen molar-refractivity contribution in [3.63, 3.8) is 0 Å². The Morgan fingerprint density at radius 1 is 1.33 bits per heavy atom. The molecule has 1 aromatic carbocycles. The standard InChI is InChI=1S/C13H10N4O4/c18-10-4-5-17(13(21)16-10)9-3-1-2-8-7(9)6-14-11(15-8)12(19)20/h1-3,6H,4-5H2,(H,19,20)(H,16,18,21). The summed E-state index contributed by atoms with van der Waals surface area (Å²) >= 11 is 0. The molecule has 0 saturated carbocycles. The van der Waals surface area contributed by atoms with E-state index in [1.54, 1.807) is 18.2 Å². The number of carbonyl (C=O) groups excluding carboxylic acids is 2. The first kappa shape index (κ1) is 13.0. The van der Waals surface area contributed by atoms with Crippen LogP contribution in [-0.4, -0.2) is 39.5 Å².